The van der Waals surface area contributed by atoms with Gasteiger partial charge in [0.1, 0.15) is 5.15 Å². The molecule has 1 saturated carbocycles. The van der Waals surface area contributed by atoms with Crippen LogP contribution in [0.2, 0.25) is 5.15 Å². The Kier molecular flexibility index (Phi) is 3.10. The van der Waals surface area contributed by atoms with E-state index in [9.17, 15) is 9.59 Å². The average molecular weight is 305 g/mol. The zero-order chi connectivity index (χ0) is 15.4. The molecule has 0 amide bonds. The topological polar surface area (TPSA) is 54.9 Å². The predicted octanol–water partition coefficient (Wildman–Crippen LogP) is 3.14. The van der Waals surface area contributed by atoms with E-state index in [1.54, 1.807) is 0 Å². The third-order valence-corrected chi connectivity index (χ3v) is 4.45. The van der Waals surface area contributed by atoms with E-state index >= 15 is 0 Å². The van der Waals surface area contributed by atoms with Crippen molar-refractivity contribution in [3.63, 3.8) is 0 Å². The predicted molar refractivity (Wildman–Crippen MR) is 83.9 cm³/mol. The Labute approximate surface area is 127 Å². The lowest BCUT2D eigenvalue weighted by Crippen LogP contribution is -2.36. The summed E-state index contributed by atoms with van der Waals surface area (Å²) < 4.78 is 1.31. The van der Waals surface area contributed by atoms with Gasteiger partial charge < -0.3 is 0 Å². The molecule has 4 nitrogen and oxygen atoms in total. The highest BCUT2D eigenvalue weighted by molar-refractivity contribution is 6.32. The van der Waals surface area contributed by atoms with Gasteiger partial charge in [0.05, 0.1) is 5.56 Å². The lowest BCUT2D eigenvalue weighted by molar-refractivity contribution is 0.514. The number of nitrogens with zero attached hydrogens (tertiary/aromatic N) is 1. The molecule has 1 heterocycles. The number of hydrogen-bond donors (Lipinski definition) is 1. The standard InChI is InChI=1S/C16H17ClN2O2/c1-9-5-4-6-10(7-9)12-13(17)18-15(21)19(14(12)20)11-8-16(11,2)3/h4-7,11H,8H2,1-3H3,(H,18,21). The summed E-state index contributed by atoms with van der Waals surface area (Å²) in [4.78, 5) is 27.5. The van der Waals surface area contributed by atoms with E-state index in [-0.39, 0.29) is 22.2 Å². The first-order valence-corrected chi connectivity index (χ1v) is 7.30. The van der Waals surface area contributed by atoms with Crippen LogP contribution in [0.25, 0.3) is 11.1 Å². The minimum Gasteiger partial charge on any atom is -0.297 e. The number of nitrogens with one attached hydrogen (secondary N) is 1. The number of H-pyrrole nitrogens is 1. The van der Waals surface area contributed by atoms with Crippen molar-refractivity contribution in [1.82, 2.24) is 9.55 Å². The van der Waals surface area contributed by atoms with E-state index in [0.717, 1.165) is 17.5 Å². The molecule has 1 atom stereocenters. The number of rotatable bonds is 2. The van der Waals surface area contributed by atoms with Crippen LogP contribution in [0.3, 0.4) is 0 Å². The van der Waals surface area contributed by atoms with E-state index in [1.807, 2.05) is 45.0 Å². The molecule has 0 radical (unpaired) electrons. The Morgan fingerprint density at radius 1 is 1.33 bits per heavy atom. The first kappa shape index (κ1) is 14.1. The SMILES string of the molecule is Cc1cccc(-c2c(Cl)[nH]c(=O)n(C3CC3(C)C)c2=O)c1. The second-order valence-electron chi connectivity index (χ2n) is 6.37. The van der Waals surface area contributed by atoms with E-state index in [2.05, 4.69) is 4.98 Å². The largest absolute Gasteiger partial charge is 0.329 e. The van der Waals surface area contributed by atoms with Gasteiger partial charge >= 0.3 is 5.69 Å². The van der Waals surface area contributed by atoms with Crippen molar-refractivity contribution in [2.75, 3.05) is 0 Å². The van der Waals surface area contributed by atoms with Gasteiger partial charge in [0.15, 0.2) is 0 Å². The van der Waals surface area contributed by atoms with E-state index < -0.39 is 5.69 Å². The highest BCUT2D eigenvalue weighted by Gasteiger charge is 2.48. The molecule has 3 rings (SSSR count). The van der Waals surface area contributed by atoms with Gasteiger partial charge in [-0.2, -0.15) is 0 Å². The summed E-state index contributed by atoms with van der Waals surface area (Å²) >= 11 is 6.12. The van der Waals surface area contributed by atoms with Crippen molar-refractivity contribution in [3.8, 4) is 11.1 Å². The lowest BCUT2D eigenvalue weighted by Gasteiger charge is -2.11. The minimum absolute atomic E-state index is 0.0193. The molecule has 1 aromatic carbocycles. The molecule has 1 unspecified atom stereocenters. The Hall–Kier alpha value is -1.81. The van der Waals surface area contributed by atoms with Crippen LogP contribution >= 0.6 is 11.6 Å². The van der Waals surface area contributed by atoms with Crippen LogP contribution in [-0.4, -0.2) is 9.55 Å². The van der Waals surface area contributed by atoms with Gasteiger partial charge in [-0.3, -0.25) is 14.3 Å². The molecule has 1 aliphatic carbocycles. The minimum atomic E-state index is -0.433. The molecule has 0 spiro atoms. The molecule has 5 heteroatoms. The van der Waals surface area contributed by atoms with E-state index in [1.165, 1.54) is 4.57 Å². The normalized spacial score (nSPS) is 19.5. The highest BCUT2D eigenvalue weighted by Crippen LogP contribution is 2.54. The third-order valence-electron chi connectivity index (χ3n) is 4.17. The molecule has 1 N–H and O–H groups in total. The Morgan fingerprint density at radius 3 is 2.57 bits per heavy atom. The lowest BCUT2D eigenvalue weighted by atomic mass is 10.1. The van der Waals surface area contributed by atoms with Gasteiger partial charge in [0.25, 0.3) is 5.56 Å². The van der Waals surface area contributed by atoms with Gasteiger partial charge in [-0.15, -0.1) is 0 Å². The molecule has 2 aromatic rings. The van der Waals surface area contributed by atoms with Crippen LogP contribution in [0.15, 0.2) is 33.9 Å². The van der Waals surface area contributed by atoms with Crippen molar-refractivity contribution in [1.29, 1.82) is 0 Å². The average Bonchev–Trinajstić information content (AvgIpc) is 2.97. The number of aromatic nitrogens is 2. The van der Waals surface area contributed by atoms with Crippen molar-refractivity contribution in [2.24, 2.45) is 5.41 Å². The van der Waals surface area contributed by atoms with Crippen LogP contribution in [-0.2, 0) is 0 Å². The molecule has 1 aliphatic rings. The van der Waals surface area contributed by atoms with Gasteiger partial charge in [-0.25, -0.2) is 4.79 Å². The fraction of sp³-hybridized carbons (Fsp3) is 0.375. The smallest absolute Gasteiger partial charge is 0.297 e. The van der Waals surface area contributed by atoms with E-state index in [4.69, 9.17) is 11.6 Å². The van der Waals surface area contributed by atoms with Crippen LogP contribution in [0.4, 0.5) is 0 Å². The molecular weight excluding hydrogens is 288 g/mol. The number of benzene rings is 1. The molecule has 1 aromatic heterocycles. The van der Waals surface area contributed by atoms with Crippen molar-refractivity contribution < 1.29 is 0 Å². The van der Waals surface area contributed by atoms with Crippen LogP contribution in [0, 0.1) is 12.3 Å². The molecule has 110 valence electrons. The third kappa shape index (κ3) is 2.33. The number of aryl methyl sites for hydroxylation is 1. The van der Waals surface area contributed by atoms with Crippen molar-refractivity contribution >= 4 is 11.6 Å². The molecule has 21 heavy (non-hydrogen) atoms. The monoisotopic (exact) mass is 304 g/mol. The summed E-state index contributed by atoms with van der Waals surface area (Å²) in [7, 11) is 0. The second-order valence-corrected chi connectivity index (χ2v) is 6.75. The fourth-order valence-corrected chi connectivity index (χ4v) is 3.01. The summed E-state index contributed by atoms with van der Waals surface area (Å²) in [6, 6.07) is 7.48. The van der Waals surface area contributed by atoms with Crippen LogP contribution in [0.1, 0.15) is 31.9 Å². The first-order valence-electron chi connectivity index (χ1n) is 6.92. The second kappa shape index (κ2) is 4.60. The molecule has 1 fully saturated rings. The van der Waals surface area contributed by atoms with Gasteiger partial charge in [0.2, 0.25) is 0 Å². The Morgan fingerprint density at radius 2 is 2.00 bits per heavy atom. The molecular formula is C16H17ClN2O2. The van der Waals surface area contributed by atoms with Gasteiger partial charge in [-0.05, 0) is 24.3 Å². The van der Waals surface area contributed by atoms with Crippen molar-refractivity contribution in [3.05, 3.63) is 55.8 Å². The quantitative estimate of drug-likeness (QED) is 0.867. The first-order chi connectivity index (χ1) is 9.81. The maximum Gasteiger partial charge on any atom is 0.329 e. The number of halogens is 1. The molecule has 0 saturated heterocycles. The number of aromatic amines is 1. The van der Waals surface area contributed by atoms with Crippen LogP contribution in [0.5, 0.6) is 0 Å². The molecule has 0 bridgehead atoms. The summed E-state index contributed by atoms with van der Waals surface area (Å²) in [6.45, 7) is 6.04. The Bertz CT molecular complexity index is 833. The van der Waals surface area contributed by atoms with E-state index in [0.29, 0.717) is 5.56 Å². The zero-order valence-corrected chi connectivity index (χ0v) is 13.0. The van der Waals surface area contributed by atoms with Crippen molar-refractivity contribution in [2.45, 2.75) is 33.2 Å². The summed E-state index contributed by atoms with van der Waals surface area (Å²) in [5.41, 5.74) is 1.36. The fourth-order valence-electron chi connectivity index (χ4n) is 2.74. The maximum absolute atomic E-state index is 12.8. The van der Waals surface area contributed by atoms with Gasteiger partial charge in [0, 0.05) is 6.04 Å². The Balaban J connectivity index is 2.25. The highest BCUT2D eigenvalue weighted by atomic mass is 35.5. The zero-order valence-electron chi connectivity index (χ0n) is 12.2. The summed E-state index contributed by atoms with van der Waals surface area (Å²) in [6.07, 6.45) is 0.824. The number of hydrogen-bond acceptors (Lipinski definition) is 2. The summed E-state index contributed by atoms with van der Waals surface area (Å²) in [5.74, 6) is 0. The maximum atomic E-state index is 12.8. The van der Waals surface area contributed by atoms with Crippen LogP contribution < -0.4 is 11.2 Å². The van der Waals surface area contributed by atoms with Gasteiger partial charge in [-0.1, -0.05) is 55.3 Å². The molecule has 0 aliphatic heterocycles. The summed E-state index contributed by atoms with van der Waals surface area (Å²) in [5, 5.41) is 0.102.